The minimum atomic E-state index is -0.220. The average molecular weight is 215 g/mol. The number of amides is 2. The maximum absolute atomic E-state index is 11.6. The molecule has 5 heteroatoms. The molecule has 0 saturated carbocycles. The molecule has 1 aromatic rings. The van der Waals surface area contributed by atoms with Gasteiger partial charge in [-0.05, 0) is 19.1 Å². The van der Waals surface area contributed by atoms with Gasteiger partial charge in [0, 0.05) is 21.7 Å². The standard InChI is InChI=1S/C11H9N3O2/c1-4-5-2-8-6(9(12)14-11(8)16)3-7(5)10(15)13-4/h2-3H,1H3,(H,13,15)(H3,12,14,16). The van der Waals surface area contributed by atoms with Gasteiger partial charge in [0.25, 0.3) is 11.8 Å². The van der Waals surface area contributed by atoms with Crippen molar-refractivity contribution < 1.29 is 9.59 Å². The molecule has 2 heterocycles. The van der Waals surface area contributed by atoms with Gasteiger partial charge in [-0.25, -0.2) is 0 Å². The second-order valence-corrected chi connectivity index (χ2v) is 3.89. The van der Waals surface area contributed by atoms with Crippen LogP contribution in [-0.2, 0) is 0 Å². The van der Waals surface area contributed by atoms with E-state index >= 15 is 0 Å². The first-order chi connectivity index (χ1) is 7.58. The number of hydrogen-bond acceptors (Lipinski definition) is 3. The van der Waals surface area contributed by atoms with Crippen LogP contribution in [0.2, 0.25) is 0 Å². The van der Waals surface area contributed by atoms with Crippen LogP contribution in [0, 0.1) is 0 Å². The smallest absolute Gasteiger partial charge is 0.257 e. The van der Waals surface area contributed by atoms with E-state index in [1.807, 2.05) is 0 Å². The number of fused-ring (bicyclic) bond motifs is 2. The van der Waals surface area contributed by atoms with E-state index in [2.05, 4.69) is 10.6 Å². The van der Waals surface area contributed by atoms with E-state index in [9.17, 15) is 9.59 Å². The Labute approximate surface area is 90.6 Å². The molecule has 4 N–H and O–H groups in total. The van der Waals surface area contributed by atoms with Crippen molar-refractivity contribution in [1.82, 2.24) is 10.6 Å². The summed E-state index contributed by atoms with van der Waals surface area (Å²) in [6.45, 7) is 1.80. The molecule has 0 aromatic heterocycles. The molecule has 80 valence electrons. The molecule has 0 saturated heterocycles. The van der Waals surface area contributed by atoms with Gasteiger partial charge in [-0.3, -0.25) is 9.59 Å². The summed E-state index contributed by atoms with van der Waals surface area (Å²) >= 11 is 0. The van der Waals surface area contributed by atoms with Crippen molar-refractivity contribution in [2.45, 2.75) is 6.92 Å². The monoisotopic (exact) mass is 215 g/mol. The fourth-order valence-electron chi connectivity index (χ4n) is 2.07. The lowest BCUT2D eigenvalue weighted by Gasteiger charge is -1.94. The van der Waals surface area contributed by atoms with Gasteiger partial charge in [-0.2, -0.15) is 0 Å². The van der Waals surface area contributed by atoms with Crippen molar-refractivity contribution in [1.29, 1.82) is 0 Å². The first-order valence-corrected chi connectivity index (χ1v) is 4.85. The minimum Gasteiger partial charge on any atom is -0.385 e. The maximum atomic E-state index is 11.6. The summed E-state index contributed by atoms with van der Waals surface area (Å²) in [6, 6.07) is 3.36. The van der Waals surface area contributed by atoms with Crippen molar-refractivity contribution in [3.05, 3.63) is 33.7 Å². The molecule has 5 nitrogen and oxygen atoms in total. The molecule has 2 amide bonds. The summed E-state index contributed by atoms with van der Waals surface area (Å²) in [5, 5.41) is 6.62. The Morgan fingerprint density at radius 2 is 1.56 bits per heavy atom. The molecule has 0 aliphatic carbocycles. The third-order valence-corrected chi connectivity index (χ3v) is 2.89. The number of carbonyl (C=O) groups is 2. The highest BCUT2D eigenvalue weighted by atomic mass is 16.2. The highest BCUT2D eigenvalue weighted by Gasteiger charge is 2.23. The van der Waals surface area contributed by atoms with E-state index in [-0.39, 0.29) is 11.8 Å². The highest BCUT2D eigenvalue weighted by molar-refractivity contribution is 6.06. The van der Waals surface area contributed by atoms with Crippen molar-refractivity contribution in [3.8, 4) is 0 Å². The normalized spacial score (nSPS) is 17.1. The Hall–Kier alpha value is -2.30. The Bertz CT molecular complexity index is 613. The van der Waals surface area contributed by atoms with Crippen LogP contribution in [-0.4, -0.2) is 11.8 Å². The van der Waals surface area contributed by atoms with Crippen LogP contribution in [0.5, 0.6) is 0 Å². The topological polar surface area (TPSA) is 84.2 Å². The first-order valence-electron chi connectivity index (χ1n) is 4.85. The van der Waals surface area contributed by atoms with E-state index in [1.165, 1.54) is 0 Å². The van der Waals surface area contributed by atoms with Crippen LogP contribution in [0.15, 0.2) is 12.1 Å². The maximum Gasteiger partial charge on any atom is 0.257 e. The second kappa shape index (κ2) is 2.63. The number of nitrogens with one attached hydrogen (secondary N) is 2. The SMILES string of the molecule is CC1=c2cc3c(cc2C(=O)N1)=C(N)NC3=O. The lowest BCUT2D eigenvalue weighted by atomic mass is 10.1. The summed E-state index contributed by atoms with van der Waals surface area (Å²) in [5.74, 6) is -0.0648. The molecular weight excluding hydrogens is 206 g/mol. The zero-order valence-corrected chi connectivity index (χ0v) is 8.55. The van der Waals surface area contributed by atoms with Crippen LogP contribution in [0.3, 0.4) is 0 Å². The molecule has 0 spiro atoms. The van der Waals surface area contributed by atoms with E-state index in [0.29, 0.717) is 22.2 Å². The van der Waals surface area contributed by atoms with Crippen molar-refractivity contribution >= 4 is 23.3 Å². The van der Waals surface area contributed by atoms with Crippen molar-refractivity contribution in [2.75, 3.05) is 0 Å². The number of rotatable bonds is 0. The Morgan fingerprint density at radius 1 is 1.00 bits per heavy atom. The average Bonchev–Trinajstić information content (AvgIpc) is 2.67. The number of carbonyl (C=O) groups excluding carboxylic acids is 2. The summed E-state index contributed by atoms with van der Waals surface area (Å²) in [4.78, 5) is 23.1. The Morgan fingerprint density at radius 3 is 2.31 bits per heavy atom. The molecule has 0 atom stereocenters. The molecular formula is C11H9N3O2. The predicted molar refractivity (Wildman–Crippen MR) is 57.3 cm³/mol. The molecule has 16 heavy (non-hydrogen) atoms. The van der Waals surface area contributed by atoms with Gasteiger partial charge in [0.05, 0.1) is 5.56 Å². The third-order valence-electron chi connectivity index (χ3n) is 2.89. The van der Waals surface area contributed by atoms with Gasteiger partial charge < -0.3 is 16.4 Å². The number of hydrogen-bond donors (Lipinski definition) is 3. The Kier molecular flexibility index (Phi) is 1.47. The van der Waals surface area contributed by atoms with Gasteiger partial charge in [-0.15, -0.1) is 0 Å². The fourth-order valence-corrected chi connectivity index (χ4v) is 2.07. The molecule has 0 bridgehead atoms. The van der Waals surface area contributed by atoms with Crippen LogP contribution >= 0.6 is 0 Å². The zero-order chi connectivity index (χ0) is 11.4. The van der Waals surface area contributed by atoms with Crippen LogP contribution in [0.1, 0.15) is 27.6 Å². The van der Waals surface area contributed by atoms with Crippen molar-refractivity contribution in [2.24, 2.45) is 5.73 Å². The molecule has 2 aliphatic heterocycles. The lowest BCUT2D eigenvalue weighted by molar-refractivity contribution is 0.0967. The van der Waals surface area contributed by atoms with Crippen LogP contribution in [0.25, 0.3) is 11.5 Å². The summed E-state index contributed by atoms with van der Waals surface area (Å²) < 4.78 is 0. The molecule has 0 radical (unpaired) electrons. The number of benzene rings is 1. The molecule has 3 rings (SSSR count). The van der Waals surface area contributed by atoms with E-state index in [0.717, 1.165) is 10.9 Å². The van der Waals surface area contributed by atoms with Gasteiger partial charge in [0.15, 0.2) is 0 Å². The summed E-state index contributed by atoms with van der Waals surface area (Å²) in [6.07, 6.45) is 0. The fraction of sp³-hybridized carbons (Fsp3) is 0.0909. The largest absolute Gasteiger partial charge is 0.385 e. The molecule has 1 aromatic carbocycles. The highest BCUT2D eigenvalue weighted by Crippen LogP contribution is 2.06. The minimum absolute atomic E-state index is 0.151. The molecule has 0 unspecified atom stereocenters. The van der Waals surface area contributed by atoms with Crippen molar-refractivity contribution in [3.63, 3.8) is 0 Å². The zero-order valence-electron chi connectivity index (χ0n) is 8.55. The van der Waals surface area contributed by atoms with Gasteiger partial charge in [0.2, 0.25) is 0 Å². The predicted octanol–water partition coefficient (Wildman–Crippen LogP) is -1.67. The Balaban J connectivity index is 2.47. The molecule has 2 aliphatic rings. The summed E-state index contributed by atoms with van der Waals surface area (Å²) in [5.41, 5.74) is 7.51. The summed E-state index contributed by atoms with van der Waals surface area (Å²) in [7, 11) is 0. The van der Waals surface area contributed by atoms with Crippen LogP contribution < -0.4 is 26.8 Å². The first kappa shape index (κ1) is 8.96. The van der Waals surface area contributed by atoms with Crippen LogP contribution in [0.4, 0.5) is 0 Å². The lowest BCUT2D eigenvalue weighted by Crippen LogP contribution is -2.21. The third kappa shape index (κ3) is 0.942. The van der Waals surface area contributed by atoms with Gasteiger partial charge in [-0.1, -0.05) is 0 Å². The van der Waals surface area contributed by atoms with E-state index in [1.54, 1.807) is 19.1 Å². The quantitative estimate of drug-likeness (QED) is 0.483. The van der Waals surface area contributed by atoms with E-state index < -0.39 is 0 Å². The van der Waals surface area contributed by atoms with Gasteiger partial charge >= 0.3 is 0 Å². The van der Waals surface area contributed by atoms with E-state index in [4.69, 9.17) is 5.73 Å². The van der Waals surface area contributed by atoms with Gasteiger partial charge in [0.1, 0.15) is 5.82 Å². The molecule has 0 fully saturated rings. The second-order valence-electron chi connectivity index (χ2n) is 3.89. The number of nitrogens with two attached hydrogens (primary N) is 1.